The Bertz CT molecular complexity index is 635. The lowest BCUT2D eigenvalue weighted by molar-refractivity contribution is -0.144. The molecule has 0 aliphatic heterocycles. The average Bonchev–Trinajstić information content (AvgIpc) is 3.11. The van der Waals surface area contributed by atoms with Gasteiger partial charge in [-0.25, -0.2) is 0 Å². The van der Waals surface area contributed by atoms with Crippen LogP contribution in [0.15, 0.2) is 16.5 Å². The third-order valence-electron chi connectivity index (χ3n) is 2.53. The molecule has 0 radical (unpaired) electrons. The van der Waals surface area contributed by atoms with Gasteiger partial charge in [-0.05, 0) is 19.1 Å². The number of nitrogens with zero attached hydrogens (tertiary/aromatic N) is 2. The maximum Gasteiger partial charge on any atom is 0.325 e. The maximum absolute atomic E-state index is 11.7. The van der Waals surface area contributed by atoms with Crippen molar-refractivity contribution in [3.05, 3.63) is 33.7 Å². The first-order valence-electron chi connectivity index (χ1n) is 6.40. The maximum atomic E-state index is 11.7. The van der Waals surface area contributed by atoms with Gasteiger partial charge in [0.05, 0.1) is 4.88 Å². The molecule has 112 valence electrons. The lowest BCUT2D eigenvalue weighted by Crippen LogP contribution is -2.30. The summed E-state index contributed by atoms with van der Waals surface area (Å²) in [6.07, 6.45) is 0.622. The summed E-state index contributed by atoms with van der Waals surface area (Å²) in [6, 6.07) is 3.56. The van der Waals surface area contributed by atoms with Crippen LogP contribution >= 0.6 is 11.3 Å². The second-order valence-electron chi connectivity index (χ2n) is 4.20. The number of amides is 1. The molecule has 0 spiro atoms. The van der Waals surface area contributed by atoms with E-state index < -0.39 is 5.97 Å². The molecule has 7 nitrogen and oxygen atoms in total. The molecule has 2 aromatic heterocycles. The first-order valence-corrected chi connectivity index (χ1v) is 7.21. The molecular weight excluding hydrogens is 294 g/mol. The van der Waals surface area contributed by atoms with Gasteiger partial charge in [0.25, 0.3) is 11.8 Å². The Hall–Kier alpha value is -2.22. The van der Waals surface area contributed by atoms with Crippen LogP contribution in [-0.2, 0) is 22.6 Å². The summed E-state index contributed by atoms with van der Waals surface area (Å²) in [6.45, 7) is 3.49. The molecule has 1 N–H and O–H groups in total. The number of aromatic nitrogens is 2. The van der Waals surface area contributed by atoms with Gasteiger partial charge >= 0.3 is 5.97 Å². The van der Waals surface area contributed by atoms with E-state index in [1.807, 2.05) is 19.9 Å². The van der Waals surface area contributed by atoms with Gasteiger partial charge in [-0.1, -0.05) is 6.92 Å². The fourth-order valence-corrected chi connectivity index (χ4v) is 2.26. The first-order chi connectivity index (χ1) is 10.1. The number of ether oxygens (including phenoxy) is 1. The monoisotopic (exact) mass is 309 g/mol. The molecule has 21 heavy (non-hydrogen) atoms. The lowest BCUT2D eigenvalue weighted by atomic mass is 10.4. The van der Waals surface area contributed by atoms with E-state index in [-0.39, 0.29) is 24.9 Å². The van der Waals surface area contributed by atoms with Gasteiger partial charge in [0.2, 0.25) is 5.89 Å². The van der Waals surface area contributed by atoms with E-state index in [2.05, 4.69) is 15.5 Å². The zero-order valence-corrected chi connectivity index (χ0v) is 12.5. The molecular formula is C13H15N3O4S. The SMILES string of the molecule is CCc1nnc(COC(=O)CNC(=O)c2ccc(C)s2)o1. The van der Waals surface area contributed by atoms with Crippen molar-refractivity contribution in [1.82, 2.24) is 15.5 Å². The van der Waals surface area contributed by atoms with Crippen LogP contribution in [0.2, 0.25) is 0 Å². The predicted octanol–water partition coefficient (Wildman–Crippen LogP) is 1.48. The number of thiophene rings is 1. The minimum absolute atomic E-state index is 0.0974. The number of carbonyl (C=O) groups excluding carboxylic acids is 2. The van der Waals surface area contributed by atoms with Crippen molar-refractivity contribution in [2.75, 3.05) is 6.54 Å². The van der Waals surface area contributed by atoms with Gasteiger partial charge < -0.3 is 14.5 Å². The molecule has 0 fully saturated rings. The highest BCUT2D eigenvalue weighted by Crippen LogP contribution is 2.14. The zero-order chi connectivity index (χ0) is 15.2. The largest absolute Gasteiger partial charge is 0.454 e. The van der Waals surface area contributed by atoms with Crippen LogP contribution < -0.4 is 5.32 Å². The number of nitrogens with one attached hydrogen (secondary N) is 1. The number of rotatable bonds is 6. The standard InChI is InChI=1S/C13H15N3O4S/c1-3-10-15-16-11(20-10)7-19-12(17)6-14-13(18)9-5-4-8(2)21-9/h4-5H,3,6-7H2,1-2H3,(H,14,18). The Kier molecular flexibility index (Phi) is 5.04. The van der Waals surface area contributed by atoms with Crippen LogP contribution in [0.3, 0.4) is 0 Å². The molecule has 0 aliphatic carbocycles. The van der Waals surface area contributed by atoms with Crippen molar-refractivity contribution in [2.24, 2.45) is 0 Å². The van der Waals surface area contributed by atoms with Crippen LogP contribution in [0, 0.1) is 6.92 Å². The van der Waals surface area contributed by atoms with Crippen molar-refractivity contribution >= 4 is 23.2 Å². The van der Waals surface area contributed by atoms with E-state index in [1.165, 1.54) is 11.3 Å². The highest BCUT2D eigenvalue weighted by atomic mass is 32.1. The van der Waals surface area contributed by atoms with Crippen LogP contribution in [0.25, 0.3) is 0 Å². The Morgan fingerprint density at radius 1 is 1.33 bits per heavy atom. The van der Waals surface area contributed by atoms with E-state index in [4.69, 9.17) is 9.15 Å². The summed E-state index contributed by atoms with van der Waals surface area (Å²) >= 11 is 1.37. The number of hydrogen-bond acceptors (Lipinski definition) is 7. The summed E-state index contributed by atoms with van der Waals surface area (Å²) in [7, 11) is 0. The third kappa shape index (κ3) is 4.38. The van der Waals surface area contributed by atoms with Gasteiger partial charge in [-0.2, -0.15) is 0 Å². The molecule has 0 bridgehead atoms. The molecule has 0 saturated carbocycles. The van der Waals surface area contributed by atoms with Crippen molar-refractivity contribution in [1.29, 1.82) is 0 Å². The Morgan fingerprint density at radius 2 is 2.10 bits per heavy atom. The van der Waals surface area contributed by atoms with E-state index in [1.54, 1.807) is 6.07 Å². The van der Waals surface area contributed by atoms with E-state index in [0.29, 0.717) is 17.2 Å². The highest BCUT2D eigenvalue weighted by Gasteiger charge is 2.12. The molecule has 2 heterocycles. The molecule has 0 saturated heterocycles. The zero-order valence-electron chi connectivity index (χ0n) is 11.7. The van der Waals surface area contributed by atoms with Gasteiger partial charge in [-0.3, -0.25) is 9.59 Å². The van der Waals surface area contributed by atoms with E-state index in [0.717, 1.165) is 4.88 Å². The second-order valence-corrected chi connectivity index (χ2v) is 5.48. The summed E-state index contributed by atoms with van der Waals surface area (Å²) in [5, 5.41) is 9.97. The molecule has 1 amide bonds. The topological polar surface area (TPSA) is 94.3 Å². The van der Waals surface area contributed by atoms with Gasteiger partial charge in [0.1, 0.15) is 6.54 Å². The quantitative estimate of drug-likeness (QED) is 0.812. The summed E-state index contributed by atoms with van der Waals surface area (Å²) in [5.41, 5.74) is 0. The smallest absolute Gasteiger partial charge is 0.325 e. The number of hydrogen-bond donors (Lipinski definition) is 1. The highest BCUT2D eigenvalue weighted by molar-refractivity contribution is 7.13. The molecule has 8 heteroatoms. The lowest BCUT2D eigenvalue weighted by Gasteiger charge is -2.03. The van der Waals surface area contributed by atoms with Crippen molar-refractivity contribution in [3.8, 4) is 0 Å². The van der Waals surface area contributed by atoms with Crippen LogP contribution in [0.4, 0.5) is 0 Å². The van der Waals surface area contributed by atoms with E-state index in [9.17, 15) is 9.59 Å². The molecule has 0 atom stereocenters. The third-order valence-corrected chi connectivity index (χ3v) is 3.52. The first kappa shape index (κ1) is 15.2. The van der Waals surface area contributed by atoms with E-state index >= 15 is 0 Å². The molecule has 0 unspecified atom stereocenters. The van der Waals surface area contributed by atoms with Crippen molar-refractivity contribution in [2.45, 2.75) is 26.9 Å². The fraction of sp³-hybridized carbons (Fsp3) is 0.385. The van der Waals surface area contributed by atoms with Crippen molar-refractivity contribution < 1.29 is 18.7 Å². The Morgan fingerprint density at radius 3 is 2.71 bits per heavy atom. The molecule has 2 aromatic rings. The summed E-state index contributed by atoms with van der Waals surface area (Å²) in [4.78, 5) is 24.8. The second kappa shape index (κ2) is 6.98. The van der Waals surface area contributed by atoms with Gasteiger partial charge in [0.15, 0.2) is 6.61 Å². The fourth-order valence-electron chi connectivity index (χ4n) is 1.48. The molecule has 0 aromatic carbocycles. The normalized spacial score (nSPS) is 10.4. The molecule has 0 aliphatic rings. The number of esters is 1. The minimum Gasteiger partial charge on any atom is -0.454 e. The van der Waals surface area contributed by atoms with Crippen LogP contribution in [0.1, 0.15) is 33.3 Å². The van der Waals surface area contributed by atoms with Gasteiger partial charge in [0, 0.05) is 11.3 Å². The Labute approximate surface area is 125 Å². The van der Waals surface area contributed by atoms with Crippen LogP contribution in [0.5, 0.6) is 0 Å². The molecule has 2 rings (SSSR count). The van der Waals surface area contributed by atoms with Crippen LogP contribution in [-0.4, -0.2) is 28.6 Å². The predicted molar refractivity (Wildman–Crippen MR) is 74.9 cm³/mol. The Balaban J connectivity index is 1.73. The minimum atomic E-state index is -0.562. The summed E-state index contributed by atoms with van der Waals surface area (Å²) in [5.74, 6) is -0.133. The average molecular weight is 309 g/mol. The van der Waals surface area contributed by atoms with Gasteiger partial charge in [-0.15, -0.1) is 21.5 Å². The summed E-state index contributed by atoms with van der Waals surface area (Å²) < 4.78 is 10.1. The number of aryl methyl sites for hydroxylation is 2. The number of carbonyl (C=O) groups is 2. The van der Waals surface area contributed by atoms with Crippen molar-refractivity contribution in [3.63, 3.8) is 0 Å².